The summed E-state index contributed by atoms with van der Waals surface area (Å²) >= 11 is 0.855. The molecule has 0 saturated heterocycles. The molecule has 0 aliphatic heterocycles. The highest BCUT2D eigenvalue weighted by atomic mass is 32.2. The number of hydrogen-bond acceptors (Lipinski definition) is 5. The van der Waals surface area contributed by atoms with Gasteiger partial charge >= 0.3 is 11.5 Å². The molecule has 0 radical (unpaired) electrons. The molecule has 1 heterocycles. The quantitative estimate of drug-likeness (QED) is 0.648. The standard InChI is InChI=1S/C14H10F3NO3S2/c1-21-13(20)11-10(6-7-22-11)18-12(19)8-2-4-9(5-3-8)23-14(15,16)17/h2-7H,1H3,(H,18,19). The molecule has 4 nitrogen and oxygen atoms in total. The van der Waals surface area contributed by atoms with Crippen LogP contribution < -0.4 is 5.32 Å². The van der Waals surface area contributed by atoms with Gasteiger partial charge in [0.1, 0.15) is 4.88 Å². The summed E-state index contributed by atoms with van der Waals surface area (Å²) in [5, 5.41) is 4.15. The molecule has 1 N–H and O–H groups in total. The van der Waals surface area contributed by atoms with Crippen molar-refractivity contribution in [2.45, 2.75) is 10.4 Å². The molecule has 0 unspecified atom stereocenters. The van der Waals surface area contributed by atoms with Gasteiger partial charge in [0.15, 0.2) is 0 Å². The van der Waals surface area contributed by atoms with Crippen LogP contribution in [0.5, 0.6) is 0 Å². The van der Waals surface area contributed by atoms with Gasteiger partial charge in [-0.05, 0) is 47.5 Å². The van der Waals surface area contributed by atoms with Crippen molar-refractivity contribution in [3.63, 3.8) is 0 Å². The summed E-state index contributed by atoms with van der Waals surface area (Å²) in [6.07, 6.45) is 0. The van der Waals surface area contributed by atoms with Crippen LogP contribution in [0, 0.1) is 0 Å². The van der Waals surface area contributed by atoms with Crippen molar-refractivity contribution in [1.82, 2.24) is 0 Å². The van der Waals surface area contributed by atoms with E-state index in [0.29, 0.717) is 5.69 Å². The number of nitrogens with one attached hydrogen (secondary N) is 1. The van der Waals surface area contributed by atoms with Gasteiger partial charge in [-0.3, -0.25) is 4.79 Å². The van der Waals surface area contributed by atoms with E-state index in [1.165, 1.54) is 31.4 Å². The van der Waals surface area contributed by atoms with Crippen LogP contribution in [0.4, 0.5) is 18.9 Å². The monoisotopic (exact) mass is 361 g/mol. The number of thioether (sulfide) groups is 1. The van der Waals surface area contributed by atoms with Gasteiger partial charge in [0.05, 0.1) is 12.8 Å². The van der Waals surface area contributed by atoms with Gasteiger partial charge in [-0.2, -0.15) is 13.2 Å². The Morgan fingerprint density at radius 2 is 1.83 bits per heavy atom. The highest BCUT2D eigenvalue weighted by Gasteiger charge is 2.29. The predicted molar refractivity (Wildman–Crippen MR) is 82.0 cm³/mol. The van der Waals surface area contributed by atoms with Crippen LogP contribution >= 0.6 is 23.1 Å². The van der Waals surface area contributed by atoms with Gasteiger partial charge in [-0.1, -0.05) is 0 Å². The second-order valence-electron chi connectivity index (χ2n) is 4.18. The van der Waals surface area contributed by atoms with Crippen LogP contribution in [0.1, 0.15) is 20.0 Å². The molecule has 0 aliphatic rings. The fourth-order valence-corrected chi connectivity index (χ4v) is 2.97. The number of anilines is 1. The zero-order valence-electron chi connectivity index (χ0n) is 11.6. The van der Waals surface area contributed by atoms with Crippen molar-refractivity contribution in [2.24, 2.45) is 0 Å². The van der Waals surface area contributed by atoms with Crippen LogP contribution in [0.25, 0.3) is 0 Å². The molecule has 1 amide bonds. The molecule has 0 atom stereocenters. The van der Waals surface area contributed by atoms with Crippen molar-refractivity contribution < 1.29 is 27.5 Å². The van der Waals surface area contributed by atoms with E-state index in [2.05, 4.69) is 10.1 Å². The van der Waals surface area contributed by atoms with E-state index in [-0.39, 0.29) is 27.1 Å². The molecule has 1 aromatic heterocycles. The summed E-state index contributed by atoms with van der Waals surface area (Å²) in [6, 6.07) is 6.54. The molecule has 0 fully saturated rings. The maximum atomic E-state index is 12.2. The summed E-state index contributed by atoms with van der Waals surface area (Å²) in [7, 11) is 1.23. The van der Waals surface area contributed by atoms with Crippen molar-refractivity contribution >= 4 is 40.7 Å². The molecule has 1 aromatic carbocycles. The molecular formula is C14H10F3NO3S2. The largest absolute Gasteiger partial charge is 0.465 e. The normalized spacial score (nSPS) is 11.1. The number of alkyl halides is 3. The molecular weight excluding hydrogens is 351 g/mol. The first-order valence-corrected chi connectivity index (χ1v) is 7.83. The lowest BCUT2D eigenvalue weighted by atomic mass is 10.2. The number of carbonyl (C=O) groups excluding carboxylic acids is 2. The SMILES string of the molecule is COC(=O)c1sccc1NC(=O)c1ccc(SC(F)(F)F)cc1. The van der Waals surface area contributed by atoms with Crippen molar-refractivity contribution in [2.75, 3.05) is 12.4 Å². The molecule has 0 spiro atoms. The lowest BCUT2D eigenvalue weighted by molar-refractivity contribution is -0.0328. The Balaban J connectivity index is 2.10. The first-order valence-electron chi connectivity index (χ1n) is 6.13. The van der Waals surface area contributed by atoms with Crippen molar-refractivity contribution in [3.8, 4) is 0 Å². The lowest BCUT2D eigenvalue weighted by Crippen LogP contribution is -2.13. The summed E-state index contributed by atoms with van der Waals surface area (Å²) in [5.74, 6) is -1.11. The Morgan fingerprint density at radius 1 is 1.17 bits per heavy atom. The third kappa shape index (κ3) is 4.73. The van der Waals surface area contributed by atoms with Crippen LogP contribution in [0.3, 0.4) is 0 Å². The third-order valence-electron chi connectivity index (χ3n) is 2.63. The van der Waals surface area contributed by atoms with E-state index < -0.39 is 17.4 Å². The molecule has 0 aliphatic carbocycles. The third-order valence-corrected chi connectivity index (χ3v) is 4.27. The van der Waals surface area contributed by atoms with Gasteiger partial charge < -0.3 is 10.1 Å². The second-order valence-corrected chi connectivity index (χ2v) is 6.24. The highest BCUT2D eigenvalue weighted by Crippen LogP contribution is 2.36. The zero-order chi connectivity index (χ0) is 17.0. The Morgan fingerprint density at radius 3 is 2.39 bits per heavy atom. The average molecular weight is 361 g/mol. The summed E-state index contributed by atoms with van der Waals surface area (Å²) < 4.78 is 41.3. The Bertz CT molecular complexity index is 711. The predicted octanol–water partition coefficient (Wildman–Crippen LogP) is 4.40. The van der Waals surface area contributed by atoms with Gasteiger partial charge in [-0.25, -0.2) is 4.79 Å². The lowest BCUT2D eigenvalue weighted by Gasteiger charge is -2.08. The molecule has 23 heavy (non-hydrogen) atoms. The minimum atomic E-state index is -4.38. The van der Waals surface area contributed by atoms with Crippen LogP contribution in [-0.4, -0.2) is 24.5 Å². The summed E-state index contributed by atoms with van der Waals surface area (Å²) in [5.41, 5.74) is -3.91. The summed E-state index contributed by atoms with van der Waals surface area (Å²) in [6.45, 7) is 0. The van der Waals surface area contributed by atoms with Gasteiger partial charge in [0.25, 0.3) is 5.91 Å². The molecule has 2 rings (SSSR count). The number of thiophene rings is 1. The van der Waals surface area contributed by atoms with E-state index in [9.17, 15) is 22.8 Å². The summed E-state index contributed by atoms with van der Waals surface area (Å²) in [4.78, 5) is 23.8. The maximum Gasteiger partial charge on any atom is 0.446 e. The van der Waals surface area contributed by atoms with E-state index in [1.807, 2.05) is 0 Å². The molecule has 9 heteroatoms. The highest BCUT2D eigenvalue weighted by molar-refractivity contribution is 8.00. The van der Waals surface area contributed by atoms with E-state index >= 15 is 0 Å². The van der Waals surface area contributed by atoms with Crippen LogP contribution in [0.2, 0.25) is 0 Å². The topological polar surface area (TPSA) is 55.4 Å². The maximum absolute atomic E-state index is 12.2. The van der Waals surface area contributed by atoms with Crippen LogP contribution in [0.15, 0.2) is 40.6 Å². The first-order chi connectivity index (χ1) is 10.8. The van der Waals surface area contributed by atoms with Crippen LogP contribution in [-0.2, 0) is 4.74 Å². The van der Waals surface area contributed by atoms with E-state index in [1.54, 1.807) is 11.4 Å². The number of amides is 1. The van der Waals surface area contributed by atoms with Gasteiger partial charge in [0, 0.05) is 10.5 Å². The molecule has 0 saturated carbocycles. The Hall–Kier alpha value is -2.00. The molecule has 122 valence electrons. The number of esters is 1. The van der Waals surface area contributed by atoms with Gasteiger partial charge in [-0.15, -0.1) is 11.3 Å². The van der Waals surface area contributed by atoms with E-state index in [4.69, 9.17) is 0 Å². The fourth-order valence-electron chi connectivity index (χ4n) is 1.66. The smallest absolute Gasteiger partial charge is 0.446 e. The second kappa shape index (κ2) is 7.05. The van der Waals surface area contributed by atoms with Crippen molar-refractivity contribution in [1.29, 1.82) is 0 Å². The molecule has 2 aromatic rings. The Labute approximate surface area is 137 Å². The molecule has 0 bridgehead atoms. The number of halogens is 3. The minimum absolute atomic E-state index is 0.0140. The Kier molecular flexibility index (Phi) is 5.32. The average Bonchev–Trinajstić information content (AvgIpc) is 2.93. The fraction of sp³-hybridized carbons (Fsp3) is 0.143. The van der Waals surface area contributed by atoms with E-state index in [0.717, 1.165) is 11.3 Å². The minimum Gasteiger partial charge on any atom is -0.465 e. The van der Waals surface area contributed by atoms with Gasteiger partial charge in [0.2, 0.25) is 0 Å². The number of ether oxygens (including phenoxy) is 1. The van der Waals surface area contributed by atoms with Crippen molar-refractivity contribution in [3.05, 3.63) is 46.2 Å². The number of rotatable bonds is 4. The first kappa shape index (κ1) is 17.4. The number of methoxy groups -OCH3 is 1. The number of carbonyl (C=O) groups is 2. The number of benzene rings is 1. The number of hydrogen-bond donors (Lipinski definition) is 1. The zero-order valence-corrected chi connectivity index (χ0v) is 13.3.